The number of rotatable bonds is 1. The second-order valence-corrected chi connectivity index (χ2v) is 2.43. The van der Waals surface area contributed by atoms with Crippen LogP contribution in [-0.4, -0.2) is 26.1 Å². The summed E-state index contributed by atoms with van der Waals surface area (Å²) >= 11 is 0. The van der Waals surface area contributed by atoms with E-state index in [0.29, 0.717) is 17.5 Å². The Morgan fingerprint density at radius 1 is 1.50 bits per heavy atom. The fraction of sp³-hybridized carbons (Fsp3) is 0.143. The highest BCUT2D eigenvalue weighted by atomic mass is 16.1. The van der Waals surface area contributed by atoms with Crippen molar-refractivity contribution in [2.24, 2.45) is 0 Å². The standard InChI is InChI=1S/C7H6N4O/c1-5-2-8-7-6(4-12)3-9-11(7)10-5/h2-4H,1H3. The topological polar surface area (TPSA) is 60.2 Å². The highest BCUT2D eigenvalue weighted by Gasteiger charge is 2.03. The summed E-state index contributed by atoms with van der Waals surface area (Å²) in [4.78, 5) is 14.5. The molecule has 2 rings (SSSR count). The Kier molecular flexibility index (Phi) is 1.36. The van der Waals surface area contributed by atoms with Gasteiger partial charge in [0.05, 0.1) is 23.7 Å². The molecule has 2 aromatic rings. The number of aldehydes is 1. The van der Waals surface area contributed by atoms with Gasteiger partial charge in [0.2, 0.25) is 0 Å². The second-order valence-electron chi connectivity index (χ2n) is 2.43. The summed E-state index contributed by atoms with van der Waals surface area (Å²) in [6.07, 6.45) is 3.76. The summed E-state index contributed by atoms with van der Waals surface area (Å²) in [5.74, 6) is 0. The van der Waals surface area contributed by atoms with Crippen LogP contribution in [0.4, 0.5) is 0 Å². The van der Waals surface area contributed by atoms with Crippen molar-refractivity contribution in [1.29, 1.82) is 0 Å². The number of hydrogen-bond donors (Lipinski definition) is 0. The van der Waals surface area contributed by atoms with Gasteiger partial charge in [-0.3, -0.25) is 4.79 Å². The van der Waals surface area contributed by atoms with E-state index in [2.05, 4.69) is 15.2 Å². The molecule has 0 saturated heterocycles. The van der Waals surface area contributed by atoms with E-state index in [0.717, 1.165) is 5.69 Å². The first kappa shape index (κ1) is 6.90. The van der Waals surface area contributed by atoms with Gasteiger partial charge in [-0.1, -0.05) is 0 Å². The van der Waals surface area contributed by atoms with Crippen molar-refractivity contribution in [2.45, 2.75) is 6.92 Å². The Labute approximate surface area is 68.0 Å². The molecule has 0 unspecified atom stereocenters. The van der Waals surface area contributed by atoms with E-state index in [1.54, 1.807) is 6.20 Å². The molecule has 0 aliphatic heterocycles. The van der Waals surface area contributed by atoms with Gasteiger partial charge in [-0.25, -0.2) is 4.98 Å². The Bertz CT molecular complexity index is 434. The number of fused-ring (bicyclic) bond motifs is 1. The van der Waals surface area contributed by atoms with E-state index in [4.69, 9.17) is 0 Å². The Balaban J connectivity index is 2.81. The first-order valence-corrected chi connectivity index (χ1v) is 3.44. The monoisotopic (exact) mass is 162 g/mol. The Morgan fingerprint density at radius 2 is 2.33 bits per heavy atom. The molecule has 0 amide bonds. The number of aryl methyl sites for hydroxylation is 1. The van der Waals surface area contributed by atoms with Gasteiger partial charge in [0, 0.05) is 0 Å². The van der Waals surface area contributed by atoms with Crippen LogP contribution < -0.4 is 0 Å². The third kappa shape index (κ3) is 0.868. The largest absolute Gasteiger partial charge is 0.298 e. The fourth-order valence-electron chi connectivity index (χ4n) is 0.957. The van der Waals surface area contributed by atoms with E-state index in [1.165, 1.54) is 10.8 Å². The van der Waals surface area contributed by atoms with Gasteiger partial charge in [-0.2, -0.15) is 10.2 Å². The smallest absolute Gasteiger partial charge is 0.186 e. The van der Waals surface area contributed by atoms with Crippen LogP contribution in [0.15, 0.2) is 12.4 Å². The van der Waals surface area contributed by atoms with E-state index in [-0.39, 0.29) is 0 Å². The molecule has 0 N–H and O–H groups in total. The van der Waals surface area contributed by atoms with Crippen LogP contribution >= 0.6 is 0 Å². The maximum absolute atomic E-state index is 10.4. The maximum Gasteiger partial charge on any atom is 0.186 e. The van der Waals surface area contributed by atoms with Crippen molar-refractivity contribution >= 4 is 11.9 Å². The normalized spacial score (nSPS) is 10.4. The van der Waals surface area contributed by atoms with Gasteiger partial charge in [-0.15, -0.1) is 4.63 Å². The zero-order valence-electron chi connectivity index (χ0n) is 6.43. The van der Waals surface area contributed by atoms with Crippen molar-refractivity contribution < 1.29 is 4.79 Å². The highest BCUT2D eigenvalue weighted by Crippen LogP contribution is 2.02. The van der Waals surface area contributed by atoms with Crippen LogP contribution in [0.25, 0.3) is 5.65 Å². The lowest BCUT2D eigenvalue weighted by Gasteiger charge is -1.91. The molecule has 0 bridgehead atoms. The minimum absolute atomic E-state index is 0.461. The van der Waals surface area contributed by atoms with Crippen LogP contribution in [0, 0.1) is 6.92 Å². The molecule has 60 valence electrons. The third-order valence-corrected chi connectivity index (χ3v) is 1.51. The number of carbonyl (C=O) groups is 1. The molecular formula is C7H6N4O. The molecule has 12 heavy (non-hydrogen) atoms. The summed E-state index contributed by atoms with van der Waals surface area (Å²) in [5, 5.41) is 7.89. The molecule has 0 fully saturated rings. The molecule has 0 aromatic carbocycles. The minimum atomic E-state index is 0.461. The van der Waals surface area contributed by atoms with Gasteiger partial charge in [0.1, 0.15) is 0 Å². The van der Waals surface area contributed by atoms with Crippen molar-refractivity contribution in [3.63, 3.8) is 0 Å². The van der Waals surface area contributed by atoms with Crippen LogP contribution in [0.1, 0.15) is 16.1 Å². The summed E-state index contributed by atoms with van der Waals surface area (Å²) in [5.41, 5.74) is 1.72. The van der Waals surface area contributed by atoms with Gasteiger partial charge in [-0.05, 0) is 6.92 Å². The first-order chi connectivity index (χ1) is 5.81. The third-order valence-electron chi connectivity index (χ3n) is 1.51. The lowest BCUT2D eigenvalue weighted by molar-refractivity contribution is 0.112. The molecule has 0 atom stereocenters. The van der Waals surface area contributed by atoms with E-state index in [9.17, 15) is 4.79 Å². The first-order valence-electron chi connectivity index (χ1n) is 3.44. The molecule has 5 heteroatoms. The molecule has 5 nitrogen and oxygen atoms in total. The maximum atomic E-state index is 10.4. The van der Waals surface area contributed by atoms with Crippen molar-refractivity contribution in [2.75, 3.05) is 0 Å². The van der Waals surface area contributed by atoms with E-state index >= 15 is 0 Å². The number of carbonyl (C=O) groups excluding carboxylic acids is 1. The van der Waals surface area contributed by atoms with Crippen molar-refractivity contribution in [3.8, 4) is 0 Å². The molecule has 2 aromatic heterocycles. The molecule has 0 radical (unpaired) electrons. The second kappa shape index (κ2) is 2.37. The van der Waals surface area contributed by atoms with E-state index in [1.807, 2.05) is 6.92 Å². The van der Waals surface area contributed by atoms with Gasteiger partial charge in [0.25, 0.3) is 0 Å². The predicted molar refractivity (Wildman–Crippen MR) is 40.9 cm³/mol. The van der Waals surface area contributed by atoms with E-state index < -0.39 is 0 Å². The number of hydrogen-bond acceptors (Lipinski definition) is 4. The average molecular weight is 162 g/mol. The molecule has 0 spiro atoms. The summed E-state index contributed by atoms with van der Waals surface area (Å²) in [6, 6.07) is 0. The van der Waals surface area contributed by atoms with Gasteiger partial charge in [0.15, 0.2) is 11.9 Å². The molecule has 2 heterocycles. The zero-order valence-corrected chi connectivity index (χ0v) is 6.43. The lowest BCUT2D eigenvalue weighted by Crippen LogP contribution is -1.98. The molecule has 0 aliphatic carbocycles. The molecule has 0 aliphatic rings. The van der Waals surface area contributed by atoms with Crippen molar-refractivity contribution in [1.82, 2.24) is 19.8 Å². The number of nitrogens with zero attached hydrogens (tertiary/aromatic N) is 4. The van der Waals surface area contributed by atoms with Gasteiger partial charge >= 0.3 is 0 Å². The summed E-state index contributed by atoms with van der Waals surface area (Å²) < 4.78 is 1.35. The predicted octanol–water partition coefficient (Wildman–Crippen LogP) is 0.245. The van der Waals surface area contributed by atoms with Crippen LogP contribution in [-0.2, 0) is 0 Å². The quantitative estimate of drug-likeness (QED) is 0.564. The Morgan fingerprint density at radius 3 is 3.08 bits per heavy atom. The Hall–Kier alpha value is -1.78. The summed E-state index contributed by atoms with van der Waals surface area (Å²) in [6.45, 7) is 1.81. The SMILES string of the molecule is Cc1cnc2c(C=O)cnn2n1. The van der Waals surface area contributed by atoms with Gasteiger partial charge < -0.3 is 0 Å². The van der Waals surface area contributed by atoms with Crippen molar-refractivity contribution in [3.05, 3.63) is 23.7 Å². The highest BCUT2D eigenvalue weighted by molar-refractivity contribution is 5.83. The zero-order chi connectivity index (χ0) is 8.55. The minimum Gasteiger partial charge on any atom is -0.298 e. The van der Waals surface area contributed by atoms with Crippen LogP contribution in [0.5, 0.6) is 0 Å². The molecular weight excluding hydrogens is 156 g/mol. The average Bonchev–Trinajstić information content (AvgIpc) is 2.46. The fourth-order valence-corrected chi connectivity index (χ4v) is 0.957. The van der Waals surface area contributed by atoms with Crippen LogP contribution in [0.3, 0.4) is 0 Å². The molecule has 0 saturated carbocycles. The number of aromatic nitrogens is 4. The summed E-state index contributed by atoms with van der Waals surface area (Å²) in [7, 11) is 0. The lowest BCUT2D eigenvalue weighted by atomic mass is 10.4. The van der Waals surface area contributed by atoms with Crippen LogP contribution in [0.2, 0.25) is 0 Å².